The highest BCUT2D eigenvalue weighted by atomic mass is 127. The van der Waals surface area contributed by atoms with Gasteiger partial charge >= 0.3 is 0 Å². The van der Waals surface area contributed by atoms with Crippen LogP contribution in [0.1, 0.15) is 51.0 Å². The standard InChI is InChI=1S/C22H34N4O.HI/c1-2-23-22(24-15-13-18-9-5-3-6-10-18)25-20-14-16-26(17-20)21(27)19-11-7-4-8-12-19;/h3,5-6,9-10,19-20H,2,4,7-8,11-17H2,1H3,(H2,23,24,25);1H. The van der Waals surface area contributed by atoms with Crippen LogP contribution in [0.25, 0.3) is 0 Å². The summed E-state index contributed by atoms with van der Waals surface area (Å²) in [6.45, 7) is 5.36. The zero-order valence-electron chi connectivity index (χ0n) is 17.0. The fourth-order valence-electron chi connectivity index (χ4n) is 4.14. The van der Waals surface area contributed by atoms with Crippen molar-refractivity contribution in [2.75, 3.05) is 26.2 Å². The molecule has 156 valence electrons. The molecule has 1 unspecified atom stereocenters. The molecule has 1 amide bonds. The zero-order chi connectivity index (χ0) is 18.9. The predicted octanol–water partition coefficient (Wildman–Crippen LogP) is 3.58. The highest BCUT2D eigenvalue weighted by Crippen LogP contribution is 2.26. The van der Waals surface area contributed by atoms with Crippen molar-refractivity contribution in [2.24, 2.45) is 10.9 Å². The van der Waals surface area contributed by atoms with E-state index in [1.807, 2.05) is 6.07 Å². The number of aliphatic imine (C=N–C) groups is 1. The Morgan fingerprint density at radius 1 is 1.14 bits per heavy atom. The summed E-state index contributed by atoms with van der Waals surface area (Å²) in [4.78, 5) is 19.5. The third kappa shape index (κ3) is 6.94. The first-order chi connectivity index (χ1) is 13.3. The molecular formula is C22H35IN4O. The molecule has 28 heavy (non-hydrogen) atoms. The van der Waals surface area contributed by atoms with Crippen LogP contribution in [0, 0.1) is 5.92 Å². The molecule has 1 saturated carbocycles. The molecule has 1 aromatic rings. The maximum Gasteiger partial charge on any atom is 0.225 e. The lowest BCUT2D eigenvalue weighted by Gasteiger charge is -2.26. The molecular weight excluding hydrogens is 463 g/mol. The number of carbonyl (C=O) groups is 1. The fourth-order valence-corrected chi connectivity index (χ4v) is 4.14. The van der Waals surface area contributed by atoms with E-state index in [0.717, 1.165) is 57.8 Å². The smallest absolute Gasteiger partial charge is 0.225 e. The third-order valence-electron chi connectivity index (χ3n) is 5.65. The summed E-state index contributed by atoms with van der Waals surface area (Å²) in [5, 5.41) is 6.87. The molecule has 0 radical (unpaired) electrons. The quantitative estimate of drug-likeness (QED) is 0.358. The summed E-state index contributed by atoms with van der Waals surface area (Å²) in [6, 6.07) is 10.8. The van der Waals surface area contributed by atoms with Crippen LogP contribution in [0.15, 0.2) is 35.3 Å². The predicted molar refractivity (Wildman–Crippen MR) is 126 cm³/mol. The Morgan fingerprint density at radius 3 is 2.61 bits per heavy atom. The average Bonchev–Trinajstić information content (AvgIpc) is 3.17. The first-order valence-electron chi connectivity index (χ1n) is 10.6. The molecule has 2 N–H and O–H groups in total. The van der Waals surface area contributed by atoms with Gasteiger partial charge in [0, 0.05) is 38.1 Å². The Bertz CT molecular complexity index is 616. The van der Waals surface area contributed by atoms with E-state index in [2.05, 4.69) is 46.7 Å². The average molecular weight is 498 g/mol. The fraction of sp³-hybridized carbons (Fsp3) is 0.636. The molecule has 3 rings (SSSR count). The largest absolute Gasteiger partial charge is 0.357 e. The van der Waals surface area contributed by atoms with E-state index in [4.69, 9.17) is 4.99 Å². The van der Waals surface area contributed by atoms with Gasteiger partial charge in [0.1, 0.15) is 0 Å². The van der Waals surface area contributed by atoms with Crippen LogP contribution >= 0.6 is 24.0 Å². The van der Waals surface area contributed by atoms with E-state index in [-0.39, 0.29) is 29.9 Å². The summed E-state index contributed by atoms with van der Waals surface area (Å²) in [7, 11) is 0. The van der Waals surface area contributed by atoms with Crippen LogP contribution in [0.4, 0.5) is 0 Å². The van der Waals surface area contributed by atoms with Crippen molar-refractivity contribution < 1.29 is 4.79 Å². The minimum Gasteiger partial charge on any atom is -0.357 e. The molecule has 1 saturated heterocycles. The van der Waals surface area contributed by atoms with Gasteiger partial charge < -0.3 is 15.5 Å². The van der Waals surface area contributed by atoms with Crippen LogP contribution in [-0.2, 0) is 11.2 Å². The maximum atomic E-state index is 12.7. The number of carbonyl (C=O) groups excluding carboxylic acids is 1. The second-order valence-corrected chi connectivity index (χ2v) is 7.75. The van der Waals surface area contributed by atoms with Gasteiger partial charge in [0.05, 0.1) is 0 Å². The van der Waals surface area contributed by atoms with Crippen molar-refractivity contribution in [1.29, 1.82) is 0 Å². The SMILES string of the molecule is CCNC(=NCCc1ccccc1)NC1CCN(C(=O)C2CCCCC2)C1.I. The van der Waals surface area contributed by atoms with Crippen LogP contribution in [0.5, 0.6) is 0 Å². The van der Waals surface area contributed by atoms with Gasteiger partial charge in [-0.05, 0) is 38.2 Å². The van der Waals surface area contributed by atoms with E-state index in [0.29, 0.717) is 11.9 Å². The Hall–Kier alpha value is -1.31. The van der Waals surface area contributed by atoms with Crippen molar-refractivity contribution in [3.63, 3.8) is 0 Å². The second-order valence-electron chi connectivity index (χ2n) is 7.75. The van der Waals surface area contributed by atoms with Crippen molar-refractivity contribution in [3.8, 4) is 0 Å². The van der Waals surface area contributed by atoms with Crippen LogP contribution < -0.4 is 10.6 Å². The molecule has 0 spiro atoms. The van der Waals surface area contributed by atoms with Crippen LogP contribution in [0.3, 0.4) is 0 Å². The van der Waals surface area contributed by atoms with Crippen LogP contribution in [0.2, 0.25) is 0 Å². The number of benzene rings is 1. The Morgan fingerprint density at radius 2 is 1.89 bits per heavy atom. The summed E-state index contributed by atoms with van der Waals surface area (Å²) in [5.74, 6) is 1.51. The van der Waals surface area contributed by atoms with E-state index < -0.39 is 0 Å². The van der Waals surface area contributed by atoms with E-state index in [1.54, 1.807) is 0 Å². The second kappa shape index (κ2) is 12.3. The van der Waals surface area contributed by atoms with Gasteiger partial charge in [-0.2, -0.15) is 0 Å². The number of nitrogens with one attached hydrogen (secondary N) is 2. The highest BCUT2D eigenvalue weighted by molar-refractivity contribution is 14.0. The number of hydrogen-bond donors (Lipinski definition) is 2. The normalized spacial score (nSPS) is 20.5. The van der Waals surface area contributed by atoms with Gasteiger partial charge in [0.2, 0.25) is 5.91 Å². The van der Waals surface area contributed by atoms with Gasteiger partial charge in [0.25, 0.3) is 0 Å². The Kier molecular flexibility index (Phi) is 10.1. The number of nitrogens with zero attached hydrogens (tertiary/aromatic N) is 2. The number of amides is 1. The molecule has 1 aliphatic carbocycles. The highest BCUT2D eigenvalue weighted by Gasteiger charge is 2.31. The molecule has 0 bridgehead atoms. The topological polar surface area (TPSA) is 56.7 Å². The van der Waals surface area contributed by atoms with Crippen molar-refractivity contribution >= 4 is 35.8 Å². The molecule has 1 aliphatic heterocycles. The molecule has 0 aromatic heterocycles. The Balaban J connectivity index is 0.00000280. The minimum absolute atomic E-state index is 0. The number of guanidine groups is 1. The minimum atomic E-state index is 0. The summed E-state index contributed by atoms with van der Waals surface area (Å²) >= 11 is 0. The van der Waals surface area contributed by atoms with E-state index in [1.165, 1.54) is 24.8 Å². The van der Waals surface area contributed by atoms with Crippen LogP contribution in [-0.4, -0.2) is 49.0 Å². The van der Waals surface area contributed by atoms with Crippen molar-refractivity contribution in [1.82, 2.24) is 15.5 Å². The lowest BCUT2D eigenvalue weighted by molar-refractivity contribution is -0.135. The summed E-state index contributed by atoms with van der Waals surface area (Å²) in [6.07, 6.45) is 7.82. The zero-order valence-corrected chi connectivity index (χ0v) is 19.4. The molecule has 1 heterocycles. The summed E-state index contributed by atoms with van der Waals surface area (Å²) < 4.78 is 0. The molecule has 2 aliphatic rings. The first-order valence-corrected chi connectivity index (χ1v) is 10.6. The third-order valence-corrected chi connectivity index (χ3v) is 5.65. The monoisotopic (exact) mass is 498 g/mol. The van der Waals surface area contributed by atoms with E-state index in [9.17, 15) is 4.79 Å². The molecule has 1 aromatic carbocycles. The number of rotatable bonds is 6. The lowest BCUT2D eigenvalue weighted by Crippen LogP contribution is -2.45. The van der Waals surface area contributed by atoms with Gasteiger partial charge in [-0.15, -0.1) is 24.0 Å². The lowest BCUT2D eigenvalue weighted by atomic mass is 9.88. The van der Waals surface area contributed by atoms with Crippen molar-refractivity contribution in [2.45, 2.75) is 57.9 Å². The molecule has 1 atom stereocenters. The number of hydrogen-bond acceptors (Lipinski definition) is 2. The van der Waals surface area contributed by atoms with Gasteiger partial charge in [-0.25, -0.2) is 0 Å². The van der Waals surface area contributed by atoms with Gasteiger partial charge in [-0.3, -0.25) is 9.79 Å². The van der Waals surface area contributed by atoms with Gasteiger partial charge in [-0.1, -0.05) is 49.6 Å². The first kappa shape index (κ1) is 23.0. The molecule has 6 heteroatoms. The summed E-state index contributed by atoms with van der Waals surface area (Å²) in [5.41, 5.74) is 1.31. The molecule has 2 fully saturated rings. The molecule has 5 nitrogen and oxygen atoms in total. The number of likely N-dealkylation sites (tertiary alicyclic amines) is 1. The van der Waals surface area contributed by atoms with Crippen molar-refractivity contribution in [3.05, 3.63) is 35.9 Å². The van der Waals surface area contributed by atoms with Gasteiger partial charge in [0.15, 0.2) is 5.96 Å². The number of halogens is 1. The maximum absolute atomic E-state index is 12.7. The Labute approximate surface area is 186 Å². The van der Waals surface area contributed by atoms with E-state index >= 15 is 0 Å².